The van der Waals surface area contributed by atoms with Crippen LogP contribution < -0.4 is 9.47 Å². The second kappa shape index (κ2) is 11.2. The van der Waals surface area contributed by atoms with Gasteiger partial charge in [-0.25, -0.2) is 0 Å². The Morgan fingerprint density at radius 3 is 1.50 bits per heavy atom. The van der Waals surface area contributed by atoms with Crippen LogP contribution in [0.25, 0.3) is 28.3 Å². The largest absolute Gasteiger partial charge is 0.488 e. The van der Waals surface area contributed by atoms with Crippen molar-refractivity contribution < 1.29 is 9.47 Å². The Bertz CT molecular complexity index is 1440. The van der Waals surface area contributed by atoms with Gasteiger partial charge in [0, 0.05) is 11.1 Å². The van der Waals surface area contributed by atoms with E-state index >= 15 is 0 Å². The lowest BCUT2D eigenvalue weighted by Crippen LogP contribution is -2.05. The van der Waals surface area contributed by atoms with Crippen LogP contribution in [0, 0.1) is 0 Å². The molecular formula is C34H28O2. The van der Waals surface area contributed by atoms with Gasteiger partial charge in [0.15, 0.2) is 0 Å². The van der Waals surface area contributed by atoms with Gasteiger partial charge in [0.05, 0.1) is 0 Å². The molecule has 2 heteroatoms. The van der Waals surface area contributed by atoms with Gasteiger partial charge < -0.3 is 9.47 Å². The fraction of sp³-hybridized carbons (Fsp3) is 0.0588. The number of para-hydroxylation sites is 2. The van der Waals surface area contributed by atoms with Crippen LogP contribution in [0.5, 0.6) is 11.5 Å². The molecule has 0 aliphatic heterocycles. The van der Waals surface area contributed by atoms with Crippen molar-refractivity contribution in [1.29, 1.82) is 0 Å². The first kappa shape index (κ1) is 23.2. The molecule has 0 saturated heterocycles. The maximum absolute atomic E-state index is 6.37. The van der Waals surface area contributed by atoms with Crippen molar-refractivity contribution in [3.63, 3.8) is 0 Å². The van der Waals surface area contributed by atoms with Crippen LogP contribution in [0.2, 0.25) is 0 Å². The van der Waals surface area contributed by atoms with Crippen LogP contribution in [0.4, 0.5) is 0 Å². The molecule has 0 fully saturated rings. The standard InChI is InChI=1S/C34H28O2/c1-2-26-21-22-29(24-35-33-19-11-9-17-31(33)27-13-5-3-6-14-27)30(23-26)25-36-34-20-12-10-18-32(34)28-15-7-4-8-16-28/h2-23H,1,24-25H2. The molecule has 5 aromatic carbocycles. The smallest absolute Gasteiger partial charge is 0.127 e. The first-order chi connectivity index (χ1) is 17.8. The molecule has 0 aliphatic carbocycles. The second-order valence-corrected chi connectivity index (χ2v) is 8.53. The van der Waals surface area contributed by atoms with Crippen molar-refractivity contribution in [1.82, 2.24) is 0 Å². The summed E-state index contributed by atoms with van der Waals surface area (Å²) in [4.78, 5) is 0. The van der Waals surface area contributed by atoms with Crippen molar-refractivity contribution in [2.24, 2.45) is 0 Å². The van der Waals surface area contributed by atoms with E-state index in [2.05, 4.69) is 61.2 Å². The lowest BCUT2D eigenvalue weighted by molar-refractivity contribution is 0.286. The van der Waals surface area contributed by atoms with Crippen molar-refractivity contribution in [3.8, 4) is 33.8 Å². The highest BCUT2D eigenvalue weighted by molar-refractivity contribution is 5.71. The van der Waals surface area contributed by atoms with E-state index in [-0.39, 0.29) is 0 Å². The van der Waals surface area contributed by atoms with Crippen LogP contribution in [0.1, 0.15) is 16.7 Å². The minimum Gasteiger partial charge on any atom is -0.488 e. The van der Waals surface area contributed by atoms with Crippen LogP contribution in [-0.4, -0.2) is 0 Å². The lowest BCUT2D eigenvalue weighted by atomic mass is 10.0. The van der Waals surface area contributed by atoms with Gasteiger partial charge in [0.25, 0.3) is 0 Å². The van der Waals surface area contributed by atoms with E-state index in [0.29, 0.717) is 13.2 Å². The molecule has 0 aromatic heterocycles. The van der Waals surface area contributed by atoms with Gasteiger partial charge in [-0.3, -0.25) is 0 Å². The SMILES string of the molecule is C=Cc1ccc(COc2ccccc2-c2ccccc2)c(COc2ccccc2-c2ccccc2)c1. The summed E-state index contributed by atoms with van der Waals surface area (Å²) in [6, 6.07) is 43.2. The Labute approximate surface area is 213 Å². The Hall–Kier alpha value is -4.56. The molecule has 0 saturated carbocycles. The quantitative estimate of drug-likeness (QED) is 0.215. The molecule has 0 N–H and O–H groups in total. The Balaban J connectivity index is 1.38. The van der Waals surface area contributed by atoms with E-state index in [0.717, 1.165) is 50.4 Å². The molecule has 5 aromatic rings. The number of benzene rings is 5. The fourth-order valence-electron chi connectivity index (χ4n) is 4.26. The first-order valence-electron chi connectivity index (χ1n) is 12.1. The highest BCUT2D eigenvalue weighted by Gasteiger charge is 2.11. The fourth-order valence-corrected chi connectivity index (χ4v) is 4.26. The Kier molecular flexibility index (Phi) is 7.24. The topological polar surface area (TPSA) is 18.5 Å². The molecule has 36 heavy (non-hydrogen) atoms. The van der Waals surface area contributed by atoms with E-state index < -0.39 is 0 Å². The van der Waals surface area contributed by atoms with E-state index in [4.69, 9.17) is 9.47 Å². The van der Waals surface area contributed by atoms with Gasteiger partial charge in [0.2, 0.25) is 0 Å². The van der Waals surface area contributed by atoms with Gasteiger partial charge in [-0.2, -0.15) is 0 Å². The monoisotopic (exact) mass is 468 g/mol. The second-order valence-electron chi connectivity index (χ2n) is 8.53. The molecular weight excluding hydrogens is 440 g/mol. The van der Waals surface area contributed by atoms with Gasteiger partial charge in [-0.05, 0) is 46.0 Å². The van der Waals surface area contributed by atoms with E-state index in [9.17, 15) is 0 Å². The summed E-state index contributed by atoms with van der Waals surface area (Å²) >= 11 is 0. The predicted octanol–water partition coefficient (Wildman–Crippen LogP) is 8.82. The van der Waals surface area contributed by atoms with Crippen LogP contribution in [0.3, 0.4) is 0 Å². The third-order valence-electron chi connectivity index (χ3n) is 6.18. The Morgan fingerprint density at radius 2 is 0.972 bits per heavy atom. The van der Waals surface area contributed by atoms with Crippen LogP contribution >= 0.6 is 0 Å². The number of rotatable bonds is 9. The number of ether oxygens (including phenoxy) is 2. The number of hydrogen-bond donors (Lipinski definition) is 0. The summed E-state index contributed by atoms with van der Waals surface area (Å²) in [6.07, 6.45) is 1.86. The maximum Gasteiger partial charge on any atom is 0.127 e. The molecule has 0 unspecified atom stereocenters. The predicted molar refractivity (Wildman–Crippen MR) is 149 cm³/mol. The van der Waals surface area contributed by atoms with Crippen molar-refractivity contribution in [2.75, 3.05) is 0 Å². The summed E-state index contributed by atoms with van der Waals surface area (Å²) in [6.45, 7) is 4.82. The minimum atomic E-state index is 0.435. The highest BCUT2D eigenvalue weighted by Crippen LogP contribution is 2.32. The van der Waals surface area contributed by atoms with E-state index in [1.807, 2.05) is 78.9 Å². The molecule has 5 rings (SSSR count). The molecule has 0 spiro atoms. The molecule has 0 bridgehead atoms. The van der Waals surface area contributed by atoms with Gasteiger partial charge in [-0.1, -0.05) is 122 Å². The van der Waals surface area contributed by atoms with Gasteiger partial charge in [0.1, 0.15) is 24.7 Å². The maximum atomic E-state index is 6.37. The lowest BCUT2D eigenvalue weighted by Gasteiger charge is -2.16. The minimum absolute atomic E-state index is 0.435. The Morgan fingerprint density at radius 1 is 0.500 bits per heavy atom. The van der Waals surface area contributed by atoms with Crippen molar-refractivity contribution in [2.45, 2.75) is 13.2 Å². The van der Waals surface area contributed by atoms with E-state index in [1.54, 1.807) is 0 Å². The summed E-state index contributed by atoms with van der Waals surface area (Å²) < 4.78 is 12.7. The molecule has 176 valence electrons. The zero-order valence-electron chi connectivity index (χ0n) is 20.1. The van der Waals surface area contributed by atoms with Crippen molar-refractivity contribution >= 4 is 6.08 Å². The number of hydrogen-bond acceptors (Lipinski definition) is 2. The third kappa shape index (κ3) is 5.39. The molecule has 0 amide bonds. The first-order valence-corrected chi connectivity index (χ1v) is 12.1. The molecule has 2 nitrogen and oxygen atoms in total. The highest BCUT2D eigenvalue weighted by atomic mass is 16.5. The summed E-state index contributed by atoms with van der Waals surface area (Å²) in [5.74, 6) is 1.71. The average Bonchev–Trinajstić information content (AvgIpc) is 2.96. The van der Waals surface area contributed by atoms with E-state index in [1.165, 1.54) is 0 Å². The van der Waals surface area contributed by atoms with Crippen molar-refractivity contribution in [3.05, 3.63) is 151 Å². The summed E-state index contributed by atoms with van der Waals surface area (Å²) in [7, 11) is 0. The van der Waals surface area contributed by atoms with Gasteiger partial charge >= 0.3 is 0 Å². The average molecular weight is 469 g/mol. The van der Waals surface area contributed by atoms with Crippen LogP contribution in [-0.2, 0) is 13.2 Å². The summed E-state index contributed by atoms with van der Waals surface area (Å²) in [5.41, 5.74) is 7.64. The zero-order valence-corrected chi connectivity index (χ0v) is 20.1. The summed E-state index contributed by atoms with van der Waals surface area (Å²) in [5, 5.41) is 0. The zero-order chi connectivity index (χ0) is 24.6. The molecule has 0 radical (unpaired) electrons. The third-order valence-corrected chi connectivity index (χ3v) is 6.18. The van der Waals surface area contributed by atoms with Gasteiger partial charge in [-0.15, -0.1) is 0 Å². The molecule has 0 aliphatic rings. The molecule has 0 heterocycles. The van der Waals surface area contributed by atoms with Crippen LogP contribution in [0.15, 0.2) is 134 Å². The normalized spacial score (nSPS) is 10.6. The molecule has 0 atom stereocenters.